The summed E-state index contributed by atoms with van der Waals surface area (Å²) in [5.41, 5.74) is 3.22. The van der Waals surface area contributed by atoms with Gasteiger partial charge < -0.3 is 23.5 Å². The molecule has 172 valence electrons. The molecule has 1 aliphatic heterocycles. The Hall–Kier alpha value is -3.58. The van der Waals surface area contributed by atoms with Crippen LogP contribution in [0.25, 0.3) is 11.0 Å². The predicted octanol–water partition coefficient (Wildman–Crippen LogP) is 4.17. The van der Waals surface area contributed by atoms with Gasteiger partial charge in [0.15, 0.2) is 16.9 Å². The largest absolute Gasteiger partial charge is 0.493 e. The average Bonchev–Trinajstić information content (AvgIpc) is 3.09. The molecule has 0 saturated heterocycles. The van der Waals surface area contributed by atoms with Crippen LogP contribution in [-0.4, -0.2) is 44.8 Å². The van der Waals surface area contributed by atoms with Crippen molar-refractivity contribution in [3.05, 3.63) is 81.2 Å². The number of nitrogens with zero attached hydrogens (tertiary/aromatic N) is 1. The minimum atomic E-state index is -0.632. The normalized spacial score (nSPS) is 15.1. The Bertz CT molecular complexity index is 1290. The van der Waals surface area contributed by atoms with Crippen molar-refractivity contribution < 1.29 is 23.4 Å². The molecule has 1 aromatic heterocycles. The van der Waals surface area contributed by atoms with E-state index in [1.807, 2.05) is 26.0 Å². The molecule has 1 amide bonds. The topological polar surface area (TPSA) is 78.2 Å². The van der Waals surface area contributed by atoms with Crippen LogP contribution in [0.5, 0.6) is 11.5 Å². The van der Waals surface area contributed by atoms with Crippen LogP contribution >= 0.6 is 0 Å². The Morgan fingerprint density at radius 2 is 1.85 bits per heavy atom. The molecular formula is C26H27NO6. The fourth-order valence-electron chi connectivity index (χ4n) is 4.16. The zero-order valence-electron chi connectivity index (χ0n) is 19.3. The number of aryl methyl sites for hydroxylation is 2. The Morgan fingerprint density at radius 1 is 1.09 bits per heavy atom. The summed E-state index contributed by atoms with van der Waals surface area (Å²) in [4.78, 5) is 28.6. The summed E-state index contributed by atoms with van der Waals surface area (Å²) in [7, 11) is 3.12. The molecule has 2 heterocycles. The second-order valence-corrected chi connectivity index (χ2v) is 8.01. The number of benzene rings is 2. The Labute approximate surface area is 192 Å². The molecule has 3 aromatic rings. The minimum Gasteiger partial charge on any atom is -0.493 e. The predicted molar refractivity (Wildman–Crippen MR) is 125 cm³/mol. The van der Waals surface area contributed by atoms with E-state index in [1.54, 1.807) is 43.4 Å². The highest BCUT2D eigenvalue weighted by Crippen LogP contribution is 2.41. The van der Waals surface area contributed by atoms with Crippen LogP contribution in [0.3, 0.4) is 0 Å². The molecule has 0 radical (unpaired) electrons. The van der Waals surface area contributed by atoms with Gasteiger partial charge in [-0.3, -0.25) is 9.59 Å². The highest BCUT2D eigenvalue weighted by atomic mass is 16.5. The molecule has 1 aliphatic rings. The third-order valence-corrected chi connectivity index (χ3v) is 5.98. The molecule has 1 atom stereocenters. The number of amides is 1. The lowest BCUT2D eigenvalue weighted by Crippen LogP contribution is -2.32. The smallest absolute Gasteiger partial charge is 0.290 e. The van der Waals surface area contributed by atoms with Gasteiger partial charge in [-0.1, -0.05) is 18.7 Å². The van der Waals surface area contributed by atoms with Gasteiger partial charge in [0.1, 0.15) is 12.2 Å². The summed E-state index contributed by atoms with van der Waals surface area (Å²) in [5.74, 6) is 0.780. The number of hydrogen-bond donors (Lipinski definition) is 0. The van der Waals surface area contributed by atoms with Gasteiger partial charge in [0.05, 0.1) is 30.7 Å². The maximum Gasteiger partial charge on any atom is 0.290 e. The van der Waals surface area contributed by atoms with E-state index in [9.17, 15) is 9.59 Å². The molecule has 7 heteroatoms. The molecule has 0 fully saturated rings. The highest BCUT2D eigenvalue weighted by molar-refractivity contribution is 5.99. The van der Waals surface area contributed by atoms with Gasteiger partial charge >= 0.3 is 0 Å². The lowest BCUT2D eigenvalue weighted by Gasteiger charge is -2.25. The van der Waals surface area contributed by atoms with Gasteiger partial charge in [-0.2, -0.15) is 0 Å². The SMILES string of the molecule is C=CCOc1ccc([C@H]2c3c(oc4cc(C)c(C)cc4c3=O)C(=O)N2CCOC)cc1OC. The number of rotatable bonds is 8. The molecule has 4 rings (SSSR count). The fraction of sp³-hybridized carbons (Fsp3) is 0.308. The summed E-state index contributed by atoms with van der Waals surface area (Å²) in [6.45, 7) is 8.50. The van der Waals surface area contributed by atoms with Crippen molar-refractivity contribution in [2.75, 3.05) is 34.0 Å². The van der Waals surface area contributed by atoms with Crippen molar-refractivity contribution >= 4 is 16.9 Å². The van der Waals surface area contributed by atoms with E-state index in [0.717, 1.165) is 16.7 Å². The lowest BCUT2D eigenvalue weighted by atomic mass is 9.97. The van der Waals surface area contributed by atoms with E-state index in [1.165, 1.54) is 0 Å². The zero-order chi connectivity index (χ0) is 23.7. The molecule has 2 aromatic carbocycles. The first kappa shape index (κ1) is 22.6. The molecule has 0 N–H and O–H groups in total. The Morgan fingerprint density at radius 3 is 2.55 bits per heavy atom. The Balaban J connectivity index is 1.92. The average molecular weight is 450 g/mol. The standard InChI is InChI=1S/C26H27NO6/c1-6-10-32-19-8-7-17(14-21(19)31-5)23-22-24(28)18-12-15(2)16(3)13-20(18)33-25(22)26(29)27(23)9-11-30-4/h6-8,12-14,23H,1,9-11H2,2-5H3/t23-/m0/s1. The molecule has 0 saturated carbocycles. The summed E-state index contributed by atoms with van der Waals surface area (Å²) in [6.07, 6.45) is 1.64. The second-order valence-electron chi connectivity index (χ2n) is 8.01. The number of carbonyl (C=O) groups is 1. The molecule has 33 heavy (non-hydrogen) atoms. The first-order chi connectivity index (χ1) is 15.9. The van der Waals surface area contributed by atoms with Crippen LogP contribution in [0.4, 0.5) is 0 Å². The van der Waals surface area contributed by atoms with E-state index in [0.29, 0.717) is 47.8 Å². The third-order valence-electron chi connectivity index (χ3n) is 5.98. The summed E-state index contributed by atoms with van der Waals surface area (Å²) in [6, 6.07) is 8.38. The fourth-order valence-corrected chi connectivity index (χ4v) is 4.16. The van der Waals surface area contributed by atoms with Gasteiger partial charge in [-0.15, -0.1) is 0 Å². The van der Waals surface area contributed by atoms with Gasteiger partial charge in [0, 0.05) is 13.7 Å². The second kappa shape index (κ2) is 9.11. The maximum atomic E-state index is 13.7. The third kappa shape index (κ3) is 3.89. The van der Waals surface area contributed by atoms with Gasteiger partial charge in [0.25, 0.3) is 5.91 Å². The van der Waals surface area contributed by atoms with Crippen LogP contribution in [0.2, 0.25) is 0 Å². The minimum absolute atomic E-state index is 0.0720. The van der Waals surface area contributed by atoms with Crippen molar-refractivity contribution in [3.8, 4) is 11.5 Å². The van der Waals surface area contributed by atoms with Gasteiger partial charge in [0.2, 0.25) is 5.76 Å². The lowest BCUT2D eigenvalue weighted by molar-refractivity contribution is 0.0663. The summed E-state index contributed by atoms with van der Waals surface area (Å²) >= 11 is 0. The van der Waals surface area contributed by atoms with Crippen molar-refractivity contribution in [3.63, 3.8) is 0 Å². The monoisotopic (exact) mass is 449 g/mol. The van der Waals surface area contributed by atoms with Crippen molar-refractivity contribution in [2.45, 2.75) is 19.9 Å². The van der Waals surface area contributed by atoms with E-state index in [2.05, 4.69) is 6.58 Å². The van der Waals surface area contributed by atoms with Crippen LogP contribution in [0.15, 0.2) is 52.2 Å². The van der Waals surface area contributed by atoms with Crippen LogP contribution in [0.1, 0.15) is 38.9 Å². The van der Waals surface area contributed by atoms with Crippen molar-refractivity contribution in [1.82, 2.24) is 4.90 Å². The van der Waals surface area contributed by atoms with E-state index in [4.69, 9.17) is 18.6 Å². The number of hydrogen-bond acceptors (Lipinski definition) is 6. The van der Waals surface area contributed by atoms with Crippen LogP contribution in [-0.2, 0) is 4.74 Å². The molecule has 0 spiro atoms. The molecule has 0 aliphatic carbocycles. The van der Waals surface area contributed by atoms with Crippen molar-refractivity contribution in [1.29, 1.82) is 0 Å². The zero-order valence-corrected chi connectivity index (χ0v) is 19.3. The Kier molecular flexibility index (Phi) is 6.24. The number of methoxy groups -OCH3 is 2. The highest BCUT2D eigenvalue weighted by Gasteiger charge is 2.42. The molecular weight excluding hydrogens is 422 g/mol. The van der Waals surface area contributed by atoms with Crippen molar-refractivity contribution in [2.24, 2.45) is 0 Å². The van der Waals surface area contributed by atoms with Gasteiger partial charge in [-0.05, 0) is 54.8 Å². The van der Waals surface area contributed by atoms with E-state index in [-0.39, 0.29) is 17.1 Å². The summed E-state index contributed by atoms with van der Waals surface area (Å²) in [5, 5.41) is 0.459. The van der Waals surface area contributed by atoms with Gasteiger partial charge in [-0.25, -0.2) is 0 Å². The summed E-state index contributed by atoms with van der Waals surface area (Å²) < 4.78 is 22.4. The number of fused-ring (bicyclic) bond motifs is 2. The molecule has 0 unspecified atom stereocenters. The molecule has 0 bridgehead atoms. The van der Waals surface area contributed by atoms with E-state index < -0.39 is 6.04 Å². The van der Waals surface area contributed by atoms with E-state index >= 15 is 0 Å². The number of carbonyl (C=O) groups excluding carboxylic acids is 1. The first-order valence-electron chi connectivity index (χ1n) is 10.7. The van der Waals surface area contributed by atoms with Crippen LogP contribution < -0.4 is 14.9 Å². The van der Waals surface area contributed by atoms with Crippen LogP contribution in [0, 0.1) is 13.8 Å². The first-order valence-corrected chi connectivity index (χ1v) is 10.7. The number of ether oxygens (including phenoxy) is 3. The maximum absolute atomic E-state index is 13.7. The quantitative estimate of drug-likeness (QED) is 0.480. The molecule has 7 nitrogen and oxygen atoms in total.